The molecule has 0 saturated carbocycles. The van der Waals surface area contributed by atoms with Crippen molar-refractivity contribution in [3.05, 3.63) is 11.0 Å². The first kappa shape index (κ1) is 6.41. The third kappa shape index (κ3) is 0.911. The average Bonchev–Trinajstić information content (AvgIpc) is 2.50. The number of hydrogen-bond donors (Lipinski definition) is 1. The molecule has 2 aromatic rings. The molecule has 0 spiro atoms. The first-order valence-corrected chi connectivity index (χ1v) is 3.78. The molecular weight excluding hydrogens is 162 g/mol. The largest absolute Gasteiger partial charge is 0.341 e. The molecule has 5 nitrogen and oxygen atoms in total. The summed E-state index contributed by atoms with van der Waals surface area (Å²) in [5.74, 6) is 0. The monoisotopic (exact) mass is 167 g/mol. The van der Waals surface area contributed by atoms with E-state index in [1.807, 2.05) is 0 Å². The second kappa shape index (κ2) is 2.39. The molecule has 6 heteroatoms. The number of aromatic amines is 1. The van der Waals surface area contributed by atoms with Crippen LogP contribution < -0.4 is 4.67 Å². The summed E-state index contributed by atoms with van der Waals surface area (Å²) in [7, 11) is 1.72. The molecule has 0 aliphatic heterocycles. The van der Waals surface area contributed by atoms with Crippen molar-refractivity contribution in [1.29, 1.82) is 0 Å². The third-order valence-corrected chi connectivity index (χ3v) is 2.02. The fraction of sp³-hybridized carbons (Fsp3) is 0.200. The quantitative estimate of drug-likeness (QED) is 0.598. The molecule has 0 saturated heterocycles. The van der Waals surface area contributed by atoms with E-state index in [1.54, 1.807) is 13.4 Å². The maximum atomic E-state index is 4.02. The molecule has 56 valence electrons. The van der Waals surface area contributed by atoms with Crippen molar-refractivity contribution in [2.24, 2.45) is 4.99 Å². The topological polar surface area (TPSA) is 66.8 Å². The van der Waals surface area contributed by atoms with Gasteiger partial charge in [0.25, 0.3) is 0 Å². The predicted octanol–water partition coefficient (Wildman–Crippen LogP) is -0.0551. The van der Waals surface area contributed by atoms with Gasteiger partial charge in [-0.15, -0.1) is 5.10 Å². The highest BCUT2D eigenvalue weighted by Gasteiger charge is 1.98. The van der Waals surface area contributed by atoms with Gasteiger partial charge in [0.1, 0.15) is 5.52 Å². The SMILES string of the molecule is CN=c1snnc2nc[nH]c12. The summed E-state index contributed by atoms with van der Waals surface area (Å²) in [6.45, 7) is 0. The lowest BCUT2D eigenvalue weighted by Crippen LogP contribution is -2.00. The Balaban J connectivity index is 3.01. The third-order valence-electron chi connectivity index (χ3n) is 1.30. The van der Waals surface area contributed by atoms with Crippen LogP contribution >= 0.6 is 11.5 Å². The van der Waals surface area contributed by atoms with E-state index in [2.05, 4.69) is 24.5 Å². The molecule has 0 bridgehead atoms. The van der Waals surface area contributed by atoms with Crippen LogP contribution in [0.2, 0.25) is 0 Å². The molecule has 0 radical (unpaired) electrons. The zero-order chi connectivity index (χ0) is 7.68. The average molecular weight is 167 g/mol. The number of aromatic nitrogens is 4. The minimum atomic E-state index is 0.615. The molecule has 2 rings (SSSR count). The second-order valence-electron chi connectivity index (χ2n) is 1.90. The Labute approximate surface area is 66.0 Å². The number of rotatable bonds is 0. The Morgan fingerprint density at radius 2 is 2.55 bits per heavy atom. The van der Waals surface area contributed by atoms with E-state index in [0.717, 1.165) is 10.2 Å². The molecule has 11 heavy (non-hydrogen) atoms. The van der Waals surface area contributed by atoms with Crippen LogP contribution in [0.5, 0.6) is 0 Å². The molecule has 0 fully saturated rings. The Morgan fingerprint density at radius 3 is 3.36 bits per heavy atom. The molecule has 0 aliphatic rings. The van der Waals surface area contributed by atoms with Gasteiger partial charge in [-0.05, 0) is 0 Å². The smallest absolute Gasteiger partial charge is 0.203 e. The fourth-order valence-electron chi connectivity index (χ4n) is 0.816. The Kier molecular flexibility index (Phi) is 1.39. The van der Waals surface area contributed by atoms with E-state index in [4.69, 9.17) is 0 Å². The van der Waals surface area contributed by atoms with Gasteiger partial charge in [-0.2, -0.15) is 0 Å². The lowest BCUT2D eigenvalue weighted by molar-refractivity contribution is 1.14. The van der Waals surface area contributed by atoms with Gasteiger partial charge in [0.2, 0.25) is 5.65 Å². The summed E-state index contributed by atoms with van der Waals surface area (Å²) in [6.07, 6.45) is 1.58. The summed E-state index contributed by atoms with van der Waals surface area (Å²) in [4.78, 5) is 10.9. The van der Waals surface area contributed by atoms with Crippen molar-refractivity contribution in [2.75, 3.05) is 7.05 Å². The maximum absolute atomic E-state index is 4.02. The van der Waals surface area contributed by atoms with E-state index >= 15 is 0 Å². The van der Waals surface area contributed by atoms with Crippen LogP contribution in [0.25, 0.3) is 11.2 Å². The Hall–Kier alpha value is -1.30. The van der Waals surface area contributed by atoms with Crippen LogP contribution in [0.4, 0.5) is 0 Å². The summed E-state index contributed by atoms with van der Waals surface area (Å²) >= 11 is 1.25. The van der Waals surface area contributed by atoms with Crippen molar-refractivity contribution < 1.29 is 0 Å². The van der Waals surface area contributed by atoms with Gasteiger partial charge >= 0.3 is 0 Å². The second-order valence-corrected chi connectivity index (χ2v) is 2.64. The van der Waals surface area contributed by atoms with Crippen LogP contribution in [-0.2, 0) is 0 Å². The van der Waals surface area contributed by atoms with Crippen molar-refractivity contribution in [1.82, 2.24) is 19.6 Å². The number of imidazole rings is 1. The van der Waals surface area contributed by atoms with Crippen molar-refractivity contribution >= 4 is 22.7 Å². The normalized spacial score (nSPS) is 12.6. The van der Waals surface area contributed by atoms with E-state index < -0.39 is 0 Å². The van der Waals surface area contributed by atoms with E-state index in [0.29, 0.717) is 5.65 Å². The highest BCUT2D eigenvalue weighted by molar-refractivity contribution is 7.03. The molecular formula is C5H5N5S. The van der Waals surface area contributed by atoms with E-state index in [1.165, 1.54) is 11.5 Å². The van der Waals surface area contributed by atoms with E-state index in [9.17, 15) is 0 Å². The number of nitrogens with one attached hydrogen (secondary N) is 1. The standard InChI is InChI=1S/C5H5N5S/c1-6-5-3-4(8-2-7-3)9-10-11-5/h2H,1H3,(H,7,8). The van der Waals surface area contributed by atoms with Gasteiger partial charge in [0, 0.05) is 18.6 Å². The fourth-order valence-corrected chi connectivity index (χ4v) is 1.33. The molecule has 0 aromatic carbocycles. The Morgan fingerprint density at radius 1 is 1.64 bits per heavy atom. The van der Waals surface area contributed by atoms with Crippen LogP contribution in [0.3, 0.4) is 0 Å². The number of fused-ring (bicyclic) bond motifs is 1. The van der Waals surface area contributed by atoms with Crippen LogP contribution in [0, 0.1) is 0 Å². The van der Waals surface area contributed by atoms with Crippen LogP contribution in [-0.4, -0.2) is 26.6 Å². The molecule has 0 unspecified atom stereocenters. The lowest BCUT2D eigenvalue weighted by atomic mass is 10.6. The summed E-state index contributed by atoms with van der Waals surface area (Å²) in [6, 6.07) is 0. The van der Waals surface area contributed by atoms with Gasteiger partial charge in [-0.3, -0.25) is 4.99 Å². The summed E-state index contributed by atoms with van der Waals surface area (Å²) in [5.41, 5.74) is 1.47. The number of hydrogen-bond acceptors (Lipinski definition) is 5. The molecule has 0 amide bonds. The highest BCUT2D eigenvalue weighted by atomic mass is 32.1. The molecule has 1 N–H and O–H groups in total. The van der Waals surface area contributed by atoms with Crippen molar-refractivity contribution in [3.8, 4) is 0 Å². The molecule has 2 heterocycles. The van der Waals surface area contributed by atoms with Crippen LogP contribution in [0.15, 0.2) is 11.3 Å². The minimum absolute atomic E-state index is 0.615. The molecule has 0 aliphatic carbocycles. The zero-order valence-corrected chi connectivity index (χ0v) is 6.59. The lowest BCUT2D eigenvalue weighted by Gasteiger charge is -1.83. The zero-order valence-electron chi connectivity index (χ0n) is 5.77. The molecule has 0 atom stereocenters. The minimum Gasteiger partial charge on any atom is -0.341 e. The van der Waals surface area contributed by atoms with Crippen molar-refractivity contribution in [3.63, 3.8) is 0 Å². The van der Waals surface area contributed by atoms with E-state index in [-0.39, 0.29) is 0 Å². The van der Waals surface area contributed by atoms with Gasteiger partial charge in [0.05, 0.1) is 6.33 Å². The summed E-state index contributed by atoms with van der Waals surface area (Å²) < 4.78 is 4.60. The first-order chi connectivity index (χ1) is 5.42. The van der Waals surface area contributed by atoms with Crippen LogP contribution in [0.1, 0.15) is 0 Å². The molecule has 2 aromatic heterocycles. The summed E-state index contributed by atoms with van der Waals surface area (Å²) in [5, 5.41) is 3.82. The Bertz CT molecular complexity index is 427. The number of H-pyrrole nitrogens is 1. The predicted molar refractivity (Wildman–Crippen MR) is 41.0 cm³/mol. The van der Waals surface area contributed by atoms with Gasteiger partial charge in [-0.25, -0.2) is 4.98 Å². The van der Waals surface area contributed by atoms with Crippen molar-refractivity contribution in [2.45, 2.75) is 0 Å². The van der Waals surface area contributed by atoms with Gasteiger partial charge in [0.15, 0.2) is 4.67 Å². The number of nitrogens with zero attached hydrogens (tertiary/aromatic N) is 4. The van der Waals surface area contributed by atoms with Gasteiger partial charge < -0.3 is 4.98 Å². The van der Waals surface area contributed by atoms with Gasteiger partial charge in [-0.1, -0.05) is 4.49 Å². The maximum Gasteiger partial charge on any atom is 0.203 e. The highest BCUT2D eigenvalue weighted by Crippen LogP contribution is 1.97. The first-order valence-electron chi connectivity index (χ1n) is 3.00.